The largest absolute Gasteiger partial charge is 0.107 e. The van der Waals surface area contributed by atoms with Crippen molar-refractivity contribution in [3.8, 4) is 11.8 Å². The van der Waals surface area contributed by atoms with Gasteiger partial charge < -0.3 is 0 Å². The quantitative estimate of drug-likeness (QED) is 0.655. The van der Waals surface area contributed by atoms with Crippen molar-refractivity contribution in [3.05, 3.63) is 41.5 Å². The molecule has 0 amide bonds. The minimum absolute atomic E-state index is 0.592. The van der Waals surface area contributed by atoms with Crippen LogP contribution in [-0.4, -0.2) is 0 Å². The second kappa shape index (κ2) is 5.03. The molecule has 0 aromatic heterocycles. The molecule has 0 spiro atoms. The van der Waals surface area contributed by atoms with Crippen molar-refractivity contribution in [2.45, 2.75) is 32.6 Å². The van der Waals surface area contributed by atoms with Gasteiger partial charge in [0.1, 0.15) is 0 Å². The topological polar surface area (TPSA) is 0 Å². The first kappa shape index (κ1) is 11.0. The van der Waals surface area contributed by atoms with Gasteiger partial charge in [-0.1, -0.05) is 43.3 Å². The molecule has 0 bridgehead atoms. The van der Waals surface area contributed by atoms with Gasteiger partial charge >= 0.3 is 0 Å². The lowest BCUT2D eigenvalue weighted by Crippen LogP contribution is -2.05. The van der Waals surface area contributed by atoms with Crippen LogP contribution in [0.1, 0.15) is 43.7 Å². The summed E-state index contributed by atoms with van der Waals surface area (Å²) in [5, 5.41) is 0. The van der Waals surface area contributed by atoms with Gasteiger partial charge in [-0.25, -0.2) is 0 Å². The second-order valence-corrected chi connectivity index (χ2v) is 4.46. The molecule has 0 radical (unpaired) electrons. The zero-order chi connectivity index (χ0) is 11.4. The summed E-state index contributed by atoms with van der Waals surface area (Å²) in [6, 6.07) is 8.70. The smallest absolute Gasteiger partial charge is 0.00914 e. The molecule has 0 N–H and O–H groups in total. The Kier molecular flexibility index (Phi) is 3.47. The van der Waals surface area contributed by atoms with Crippen molar-refractivity contribution in [1.82, 2.24) is 0 Å². The van der Waals surface area contributed by atoms with E-state index in [0.717, 1.165) is 6.42 Å². The van der Waals surface area contributed by atoms with E-state index in [2.05, 4.69) is 55.2 Å². The van der Waals surface area contributed by atoms with E-state index in [-0.39, 0.29) is 0 Å². The Balaban J connectivity index is 2.06. The van der Waals surface area contributed by atoms with Crippen LogP contribution in [0.2, 0.25) is 0 Å². The first-order valence-corrected chi connectivity index (χ1v) is 5.99. The Labute approximate surface area is 98.4 Å². The Morgan fingerprint density at radius 2 is 2.12 bits per heavy atom. The first-order chi connectivity index (χ1) is 7.83. The highest BCUT2D eigenvalue weighted by Gasteiger charge is 2.21. The van der Waals surface area contributed by atoms with Crippen LogP contribution in [0.25, 0.3) is 6.08 Å². The van der Waals surface area contributed by atoms with Crippen LogP contribution in [0.3, 0.4) is 0 Å². The van der Waals surface area contributed by atoms with Gasteiger partial charge in [0.2, 0.25) is 0 Å². The van der Waals surface area contributed by atoms with Crippen molar-refractivity contribution in [1.29, 1.82) is 0 Å². The maximum Gasteiger partial charge on any atom is 0.00914 e. The zero-order valence-electron chi connectivity index (χ0n) is 10.0. The molecule has 0 heterocycles. The summed E-state index contributed by atoms with van der Waals surface area (Å²) in [4.78, 5) is 0. The molecule has 0 saturated heterocycles. The molecule has 2 rings (SSSR count). The molecule has 16 heavy (non-hydrogen) atoms. The van der Waals surface area contributed by atoms with Crippen LogP contribution in [-0.2, 0) is 0 Å². The van der Waals surface area contributed by atoms with Crippen molar-refractivity contribution < 1.29 is 0 Å². The van der Waals surface area contributed by atoms with Crippen molar-refractivity contribution >= 4 is 6.08 Å². The highest BCUT2D eigenvalue weighted by atomic mass is 14.3. The monoisotopic (exact) mass is 210 g/mol. The molecule has 2 unspecified atom stereocenters. The van der Waals surface area contributed by atoms with Gasteiger partial charge in [0, 0.05) is 12.3 Å². The fraction of sp³-hybridized carbons (Fsp3) is 0.375. The molecule has 0 saturated carbocycles. The molecule has 1 aromatic carbocycles. The molecule has 82 valence electrons. The van der Waals surface area contributed by atoms with Gasteiger partial charge in [-0.15, -0.1) is 11.8 Å². The van der Waals surface area contributed by atoms with Crippen LogP contribution in [0.15, 0.2) is 30.3 Å². The number of rotatable bonds is 3. The van der Waals surface area contributed by atoms with Gasteiger partial charge in [0.15, 0.2) is 0 Å². The van der Waals surface area contributed by atoms with Gasteiger partial charge in [-0.05, 0) is 30.4 Å². The van der Waals surface area contributed by atoms with E-state index in [9.17, 15) is 0 Å². The lowest BCUT2D eigenvalue weighted by molar-refractivity contribution is 0.495. The molecular weight excluding hydrogens is 192 g/mol. The molecule has 0 nitrogen and oxygen atoms in total. The van der Waals surface area contributed by atoms with Crippen molar-refractivity contribution in [2.75, 3.05) is 0 Å². The minimum Gasteiger partial charge on any atom is -0.107 e. The second-order valence-electron chi connectivity index (χ2n) is 4.46. The molecule has 1 aliphatic rings. The lowest BCUT2D eigenvalue weighted by Gasteiger charge is -2.18. The average molecular weight is 210 g/mol. The van der Waals surface area contributed by atoms with Crippen LogP contribution in [0.4, 0.5) is 0 Å². The fourth-order valence-corrected chi connectivity index (χ4v) is 2.38. The zero-order valence-corrected chi connectivity index (χ0v) is 10.0. The Morgan fingerprint density at radius 1 is 1.31 bits per heavy atom. The Hall–Kier alpha value is -1.48. The summed E-state index contributed by atoms with van der Waals surface area (Å²) in [5.41, 5.74) is 2.88. The van der Waals surface area contributed by atoms with E-state index in [1.165, 1.54) is 17.5 Å². The standard InChI is InChI=1S/C16H18/c1-3-4-5-8-13(2)15-12-11-14-9-6-7-10-16(14)15/h6-7,9-13,15H,5,8H2,1-2H3. The Morgan fingerprint density at radius 3 is 2.94 bits per heavy atom. The van der Waals surface area contributed by atoms with Crippen LogP contribution < -0.4 is 0 Å². The number of benzene rings is 1. The summed E-state index contributed by atoms with van der Waals surface area (Å²) in [6.07, 6.45) is 6.80. The summed E-state index contributed by atoms with van der Waals surface area (Å²) >= 11 is 0. The van der Waals surface area contributed by atoms with E-state index in [4.69, 9.17) is 0 Å². The third kappa shape index (κ3) is 2.19. The van der Waals surface area contributed by atoms with E-state index >= 15 is 0 Å². The van der Waals surface area contributed by atoms with Crippen molar-refractivity contribution in [3.63, 3.8) is 0 Å². The van der Waals surface area contributed by atoms with E-state index in [0.29, 0.717) is 11.8 Å². The maximum absolute atomic E-state index is 3.15. The van der Waals surface area contributed by atoms with Gasteiger partial charge in [0.05, 0.1) is 0 Å². The molecular formula is C16H18. The number of hydrogen-bond acceptors (Lipinski definition) is 0. The predicted octanol–water partition coefficient (Wildman–Crippen LogP) is 4.24. The van der Waals surface area contributed by atoms with Gasteiger partial charge in [-0.3, -0.25) is 0 Å². The molecule has 0 heteroatoms. The molecule has 1 aromatic rings. The van der Waals surface area contributed by atoms with E-state index in [1.807, 2.05) is 6.92 Å². The van der Waals surface area contributed by atoms with Gasteiger partial charge in [-0.2, -0.15) is 0 Å². The predicted molar refractivity (Wildman–Crippen MR) is 70.1 cm³/mol. The number of allylic oxidation sites excluding steroid dienone is 1. The third-order valence-corrected chi connectivity index (χ3v) is 3.35. The maximum atomic E-state index is 3.15. The Bertz CT molecular complexity index is 443. The van der Waals surface area contributed by atoms with Crippen LogP contribution in [0, 0.1) is 17.8 Å². The molecule has 2 atom stereocenters. The molecule has 0 aliphatic heterocycles. The van der Waals surface area contributed by atoms with E-state index in [1.54, 1.807) is 0 Å². The highest BCUT2D eigenvalue weighted by molar-refractivity contribution is 5.62. The number of fused-ring (bicyclic) bond motifs is 1. The van der Waals surface area contributed by atoms with Gasteiger partial charge in [0.25, 0.3) is 0 Å². The van der Waals surface area contributed by atoms with E-state index < -0.39 is 0 Å². The summed E-state index contributed by atoms with van der Waals surface area (Å²) < 4.78 is 0. The molecule has 0 fully saturated rings. The average Bonchev–Trinajstić information content (AvgIpc) is 2.73. The summed E-state index contributed by atoms with van der Waals surface area (Å²) in [7, 11) is 0. The summed E-state index contributed by atoms with van der Waals surface area (Å²) in [5.74, 6) is 7.39. The van der Waals surface area contributed by atoms with Crippen LogP contribution in [0.5, 0.6) is 0 Å². The normalized spacial score (nSPS) is 18.8. The fourth-order valence-electron chi connectivity index (χ4n) is 2.38. The first-order valence-electron chi connectivity index (χ1n) is 5.99. The van der Waals surface area contributed by atoms with Crippen LogP contribution >= 0.6 is 0 Å². The highest BCUT2D eigenvalue weighted by Crippen LogP contribution is 2.36. The summed E-state index contributed by atoms with van der Waals surface area (Å²) in [6.45, 7) is 4.24. The van der Waals surface area contributed by atoms with Crippen molar-refractivity contribution in [2.24, 2.45) is 5.92 Å². The number of hydrogen-bond donors (Lipinski definition) is 0. The lowest BCUT2D eigenvalue weighted by atomic mass is 9.86. The molecule has 1 aliphatic carbocycles. The third-order valence-electron chi connectivity index (χ3n) is 3.35. The SMILES string of the molecule is CC#CCCC(C)C1C=Cc2ccccc21. The minimum atomic E-state index is 0.592.